The maximum absolute atomic E-state index is 14.3. The Balaban J connectivity index is 2.64. The van der Waals surface area contributed by atoms with Crippen molar-refractivity contribution < 1.29 is 19.1 Å². The third-order valence-electron chi connectivity index (χ3n) is 7.00. The monoisotopic (exact) mass is 537 g/mol. The van der Waals surface area contributed by atoms with Gasteiger partial charge in [-0.2, -0.15) is 0 Å². The number of carbonyl (C=O) groups excluding carboxylic acids is 3. The van der Waals surface area contributed by atoms with E-state index in [0.717, 1.165) is 33.5 Å². The molecule has 7 heteroatoms. The van der Waals surface area contributed by atoms with Gasteiger partial charge >= 0.3 is 6.09 Å². The molecule has 39 heavy (non-hydrogen) atoms. The molecule has 0 aliphatic carbocycles. The molecule has 0 aliphatic heterocycles. The zero-order chi connectivity index (χ0) is 29.5. The average Bonchev–Trinajstić information content (AvgIpc) is 2.84. The van der Waals surface area contributed by atoms with Gasteiger partial charge in [-0.15, -0.1) is 0 Å². The molecule has 0 aromatic heterocycles. The van der Waals surface area contributed by atoms with Crippen LogP contribution in [0.15, 0.2) is 36.4 Å². The Hall–Kier alpha value is -3.35. The highest BCUT2D eigenvalue weighted by atomic mass is 16.6. The minimum Gasteiger partial charge on any atom is -0.444 e. The molecule has 2 N–H and O–H groups in total. The second-order valence-corrected chi connectivity index (χ2v) is 11.5. The van der Waals surface area contributed by atoms with Gasteiger partial charge in [-0.05, 0) is 88.6 Å². The van der Waals surface area contributed by atoms with Crippen molar-refractivity contribution in [2.75, 3.05) is 11.9 Å². The van der Waals surface area contributed by atoms with E-state index in [2.05, 4.69) is 10.6 Å². The first kappa shape index (κ1) is 31.9. The van der Waals surface area contributed by atoms with E-state index in [1.165, 1.54) is 0 Å². The molecule has 0 aliphatic rings. The number of para-hydroxylation sites is 1. The van der Waals surface area contributed by atoms with E-state index in [9.17, 15) is 14.4 Å². The molecule has 214 valence electrons. The number of carbonyl (C=O) groups is 3. The zero-order valence-corrected chi connectivity index (χ0v) is 25.4. The molecule has 0 bridgehead atoms. The van der Waals surface area contributed by atoms with Gasteiger partial charge in [0, 0.05) is 12.2 Å². The van der Waals surface area contributed by atoms with Gasteiger partial charge in [-0.25, -0.2) is 4.79 Å². The lowest BCUT2D eigenvalue weighted by atomic mass is 9.91. The van der Waals surface area contributed by atoms with Crippen molar-refractivity contribution >= 4 is 23.6 Å². The number of anilines is 1. The van der Waals surface area contributed by atoms with Crippen LogP contribution in [0.5, 0.6) is 0 Å². The van der Waals surface area contributed by atoms with Gasteiger partial charge in [0.25, 0.3) is 5.91 Å². The molecule has 2 aromatic carbocycles. The molecule has 0 spiro atoms. The predicted molar refractivity (Wildman–Crippen MR) is 158 cm³/mol. The minimum absolute atomic E-state index is 0.176. The summed E-state index contributed by atoms with van der Waals surface area (Å²) in [5.74, 6) is -0.766. The molecule has 0 radical (unpaired) electrons. The van der Waals surface area contributed by atoms with E-state index >= 15 is 0 Å². The van der Waals surface area contributed by atoms with E-state index in [1.807, 2.05) is 84.9 Å². The van der Waals surface area contributed by atoms with Crippen LogP contribution in [-0.2, 0) is 14.3 Å². The number of hydrogen-bond donors (Lipinski definition) is 2. The van der Waals surface area contributed by atoms with Crippen molar-refractivity contribution in [2.24, 2.45) is 5.92 Å². The lowest BCUT2D eigenvalue weighted by molar-refractivity contribution is -0.142. The summed E-state index contributed by atoms with van der Waals surface area (Å²) in [4.78, 5) is 43.0. The van der Waals surface area contributed by atoms with Crippen molar-refractivity contribution in [3.8, 4) is 0 Å². The van der Waals surface area contributed by atoms with E-state index in [1.54, 1.807) is 25.7 Å². The SMILES string of the molecule is CCCN(C(=O)C(NC(=O)OC(C)(C)C)C(C)CC)C(C(=O)Nc1c(C)cccc1C)c1c(C)cccc1C. The second kappa shape index (κ2) is 13.6. The molecule has 2 rings (SSSR count). The fourth-order valence-electron chi connectivity index (χ4n) is 4.79. The lowest BCUT2D eigenvalue weighted by Crippen LogP contribution is -2.55. The summed E-state index contributed by atoms with van der Waals surface area (Å²) in [6.07, 6.45) is 0.652. The highest BCUT2D eigenvalue weighted by Gasteiger charge is 2.39. The Morgan fingerprint density at radius 1 is 0.897 bits per heavy atom. The van der Waals surface area contributed by atoms with E-state index in [4.69, 9.17) is 4.74 Å². The standard InChI is InChI=1S/C32H47N3O4/c1-11-19-35(30(37)27(20(3)12-2)34-31(38)39-32(8,9)10)28(25-21(4)15-13-16-22(25)5)29(36)33-26-23(6)17-14-18-24(26)7/h13-18,20,27-28H,11-12,19H2,1-10H3,(H,33,36)(H,34,38). The van der Waals surface area contributed by atoms with Gasteiger partial charge in [0.05, 0.1) is 0 Å². The first-order valence-electron chi connectivity index (χ1n) is 13.9. The van der Waals surface area contributed by atoms with Gasteiger partial charge < -0.3 is 20.3 Å². The van der Waals surface area contributed by atoms with Crippen LogP contribution < -0.4 is 10.6 Å². The second-order valence-electron chi connectivity index (χ2n) is 11.5. The number of hydrogen-bond acceptors (Lipinski definition) is 4. The molecule has 0 saturated carbocycles. The number of alkyl carbamates (subject to hydrolysis) is 1. The number of ether oxygens (including phenoxy) is 1. The summed E-state index contributed by atoms with van der Waals surface area (Å²) in [5, 5.41) is 5.96. The summed E-state index contributed by atoms with van der Waals surface area (Å²) in [5.41, 5.74) is 4.57. The Morgan fingerprint density at radius 2 is 1.41 bits per heavy atom. The minimum atomic E-state index is -0.885. The maximum atomic E-state index is 14.3. The summed E-state index contributed by atoms with van der Waals surface area (Å²) in [6.45, 7) is 19.4. The molecular formula is C32H47N3O4. The smallest absolute Gasteiger partial charge is 0.408 e. The maximum Gasteiger partial charge on any atom is 0.408 e. The Morgan fingerprint density at radius 3 is 1.87 bits per heavy atom. The fraction of sp³-hybridized carbons (Fsp3) is 0.531. The molecule has 0 fully saturated rings. The number of aryl methyl sites for hydroxylation is 4. The molecule has 2 aromatic rings. The summed E-state index contributed by atoms with van der Waals surface area (Å²) in [6, 6.07) is 10.00. The van der Waals surface area contributed by atoms with Crippen LogP contribution in [0, 0.1) is 33.6 Å². The lowest BCUT2D eigenvalue weighted by Gasteiger charge is -2.37. The molecular weight excluding hydrogens is 490 g/mol. The van der Waals surface area contributed by atoms with Crippen molar-refractivity contribution in [1.82, 2.24) is 10.2 Å². The van der Waals surface area contributed by atoms with Crippen molar-refractivity contribution in [3.05, 3.63) is 64.2 Å². The topological polar surface area (TPSA) is 87.7 Å². The summed E-state index contributed by atoms with van der Waals surface area (Å²) >= 11 is 0. The van der Waals surface area contributed by atoms with Crippen molar-refractivity contribution in [3.63, 3.8) is 0 Å². The van der Waals surface area contributed by atoms with Crippen LogP contribution >= 0.6 is 0 Å². The Kier molecular flexibility index (Phi) is 11.1. The number of rotatable bonds is 10. The van der Waals surface area contributed by atoms with Crippen LogP contribution in [0.3, 0.4) is 0 Å². The van der Waals surface area contributed by atoms with Gasteiger partial charge in [-0.1, -0.05) is 63.6 Å². The molecule has 7 nitrogen and oxygen atoms in total. The van der Waals surface area contributed by atoms with Crippen LogP contribution in [0.2, 0.25) is 0 Å². The summed E-state index contributed by atoms with van der Waals surface area (Å²) in [7, 11) is 0. The largest absolute Gasteiger partial charge is 0.444 e. The first-order valence-corrected chi connectivity index (χ1v) is 13.9. The number of amides is 3. The van der Waals surface area contributed by atoms with E-state index in [0.29, 0.717) is 19.4 Å². The van der Waals surface area contributed by atoms with Gasteiger partial charge in [0.1, 0.15) is 17.7 Å². The van der Waals surface area contributed by atoms with Crippen LogP contribution in [0.1, 0.15) is 88.2 Å². The van der Waals surface area contributed by atoms with Crippen LogP contribution in [-0.4, -0.2) is 41.0 Å². The third-order valence-corrected chi connectivity index (χ3v) is 7.00. The number of nitrogens with one attached hydrogen (secondary N) is 2. The van der Waals surface area contributed by atoms with E-state index < -0.39 is 23.8 Å². The van der Waals surface area contributed by atoms with Gasteiger partial charge in [-0.3, -0.25) is 9.59 Å². The number of nitrogens with zero attached hydrogens (tertiary/aromatic N) is 1. The van der Waals surface area contributed by atoms with Crippen molar-refractivity contribution in [2.45, 2.75) is 99.8 Å². The highest BCUT2D eigenvalue weighted by Crippen LogP contribution is 2.32. The third kappa shape index (κ3) is 8.32. The zero-order valence-electron chi connectivity index (χ0n) is 25.4. The molecule has 3 amide bonds. The normalized spacial score (nSPS) is 13.7. The summed E-state index contributed by atoms with van der Waals surface area (Å²) < 4.78 is 5.49. The predicted octanol–water partition coefficient (Wildman–Crippen LogP) is 6.78. The van der Waals surface area contributed by atoms with Gasteiger partial charge in [0.2, 0.25) is 5.91 Å². The first-order chi connectivity index (χ1) is 18.2. The van der Waals surface area contributed by atoms with Gasteiger partial charge in [0.15, 0.2) is 0 Å². The Bertz CT molecular complexity index is 1130. The molecule has 0 saturated heterocycles. The molecule has 3 unspecified atom stereocenters. The molecule has 3 atom stereocenters. The Labute approximate surface area is 234 Å². The van der Waals surface area contributed by atoms with Crippen LogP contribution in [0.4, 0.5) is 10.5 Å². The average molecular weight is 538 g/mol. The highest BCUT2D eigenvalue weighted by molar-refractivity contribution is 6.00. The fourth-order valence-corrected chi connectivity index (χ4v) is 4.79. The quantitative estimate of drug-likeness (QED) is 0.350. The number of benzene rings is 2. The van der Waals surface area contributed by atoms with Crippen LogP contribution in [0.25, 0.3) is 0 Å². The van der Waals surface area contributed by atoms with Crippen molar-refractivity contribution in [1.29, 1.82) is 0 Å². The van der Waals surface area contributed by atoms with E-state index in [-0.39, 0.29) is 17.7 Å². The molecule has 0 heterocycles.